The predicted molar refractivity (Wildman–Crippen MR) is 163 cm³/mol. The van der Waals surface area contributed by atoms with Crippen LogP contribution in [0, 0.1) is 13.8 Å². The van der Waals surface area contributed by atoms with E-state index in [9.17, 15) is 22.8 Å². The minimum atomic E-state index is -4.16. The van der Waals surface area contributed by atoms with E-state index < -0.39 is 34.7 Å². The van der Waals surface area contributed by atoms with Gasteiger partial charge >= 0.3 is 6.09 Å². The van der Waals surface area contributed by atoms with E-state index in [-0.39, 0.29) is 29.5 Å². The van der Waals surface area contributed by atoms with E-state index in [1.807, 2.05) is 32.2 Å². The van der Waals surface area contributed by atoms with Crippen LogP contribution in [0.15, 0.2) is 53.6 Å². The molecule has 0 saturated carbocycles. The highest BCUT2D eigenvalue weighted by molar-refractivity contribution is 7.89. The molecule has 0 aliphatic carbocycles. The quantitative estimate of drug-likeness (QED) is 0.205. The van der Waals surface area contributed by atoms with Crippen molar-refractivity contribution in [3.8, 4) is 0 Å². The van der Waals surface area contributed by atoms with E-state index in [1.54, 1.807) is 29.6 Å². The van der Waals surface area contributed by atoms with Crippen LogP contribution in [0.4, 0.5) is 27.9 Å². The summed E-state index contributed by atoms with van der Waals surface area (Å²) in [5.74, 6) is -0.535. The van der Waals surface area contributed by atoms with Crippen molar-refractivity contribution in [2.24, 2.45) is 17.9 Å². The molecule has 4 rings (SSSR count). The first-order valence-electron chi connectivity index (χ1n) is 13.4. The fraction of sp³-hybridized carbons (Fsp3) is 0.286. The van der Waals surface area contributed by atoms with Gasteiger partial charge in [0, 0.05) is 37.1 Å². The summed E-state index contributed by atoms with van der Waals surface area (Å²) in [5, 5.41) is 13.4. The molecule has 0 fully saturated rings. The number of aryl methyl sites for hydroxylation is 3. The van der Waals surface area contributed by atoms with Gasteiger partial charge in [-0.15, -0.1) is 0 Å². The second kappa shape index (κ2) is 13.2. The van der Waals surface area contributed by atoms with Crippen LogP contribution >= 0.6 is 0 Å². The molecule has 44 heavy (non-hydrogen) atoms. The van der Waals surface area contributed by atoms with Gasteiger partial charge in [-0.2, -0.15) is 10.1 Å². The molecule has 0 aliphatic rings. The second-order valence-electron chi connectivity index (χ2n) is 9.96. The molecule has 0 bridgehead atoms. The van der Waals surface area contributed by atoms with Crippen molar-refractivity contribution in [2.75, 3.05) is 30.0 Å². The number of benzene rings is 2. The molecule has 2 aromatic heterocycles. The first kappa shape index (κ1) is 32.0. The minimum Gasteiger partial charge on any atom is -0.439 e. The first-order valence-corrected chi connectivity index (χ1v) is 14.9. The number of fused-ring (bicyclic) bond motifs is 1. The van der Waals surface area contributed by atoms with E-state index in [2.05, 4.69) is 20.4 Å². The van der Waals surface area contributed by atoms with E-state index in [0.717, 1.165) is 27.2 Å². The number of amides is 2. The number of nitrogens with two attached hydrogens (primary N) is 2. The van der Waals surface area contributed by atoms with Crippen molar-refractivity contribution in [3.63, 3.8) is 0 Å². The number of carbonyl (C=O) groups excluding carboxylic acids is 3. The van der Waals surface area contributed by atoms with Crippen LogP contribution in [0.1, 0.15) is 17.7 Å². The number of nitrogens with one attached hydrogen (secondary N) is 1. The number of anilines is 4. The third-order valence-corrected chi connectivity index (χ3v) is 7.96. The molecule has 0 spiro atoms. The third kappa shape index (κ3) is 6.99. The van der Waals surface area contributed by atoms with Crippen molar-refractivity contribution in [1.82, 2.24) is 25.1 Å². The number of nitrogens with zero attached hydrogens (tertiary/aromatic N) is 6. The molecular formula is C28H33N9O6S. The molecular weight excluding hydrogens is 590 g/mol. The smallest absolute Gasteiger partial charge is 0.421 e. The topological polar surface area (TPSA) is 209 Å². The number of ether oxygens (including phenoxy) is 1. The number of aldehydes is 1. The molecule has 16 heteroatoms. The lowest BCUT2D eigenvalue weighted by Crippen LogP contribution is -2.41. The molecule has 4 aromatic rings. The Morgan fingerprint density at radius 1 is 1.14 bits per heavy atom. The summed E-state index contributed by atoms with van der Waals surface area (Å²) in [6, 6.07) is 10.6. The SMILES string of the molecule is Cc1ccc(N(C(=O)OCC(=O)N[C@H](C=O)CCN)c2nccc(N(C)c3ccc4c(C)n(C)nc4c3)n2)cc1S(N)(=O)=O. The maximum atomic E-state index is 13.5. The lowest BCUT2D eigenvalue weighted by Gasteiger charge is -2.24. The fourth-order valence-corrected chi connectivity index (χ4v) is 5.23. The Morgan fingerprint density at radius 3 is 2.55 bits per heavy atom. The number of hydrogen-bond donors (Lipinski definition) is 3. The summed E-state index contributed by atoms with van der Waals surface area (Å²) in [4.78, 5) is 48.3. The predicted octanol–water partition coefficient (Wildman–Crippen LogP) is 1.70. The highest BCUT2D eigenvalue weighted by Gasteiger charge is 2.27. The molecule has 232 valence electrons. The maximum absolute atomic E-state index is 13.5. The first-order chi connectivity index (χ1) is 20.8. The summed E-state index contributed by atoms with van der Waals surface area (Å²) >= 11 is 0. The number of hydrogen-bond acceptors (Lipinski definition) is 11. The molecule has 5 N–H and O–H groups in total. The van der Waals surface area contributed by atoms with Crippen molar-refractivity contribution in [2.45, 2.75) is 31.2 Å². The van der Waals surface area contributed by atoms with Crippen molar-refractivity contribution in [1.29, 1.82) is 0 Å². The molecule has 2 aromatic carbocycles. The number of sulfonamides is 1. The van der Waals surface area contributed by atoms with Crippen LogP contribution in [0.3, 0.4) is 0 Å². The molecule has 1 atom stereocenters. The van der Waals surface area contributed by atoms with Crippen LogP contribution in [-0.2, 0) is 31.4 Å². The van der Waals surface area contributed by atoms with Crippen LogP contribution in [0.2, 0.25) is 0 Å². The second-order valence-corrected chi connectivity index (χ2v) is 11.5. The number of carbonyl (C=O) groups is 3. The van der Waals surface area contributed by atoms with Crippen LogP contribution in [0.5, 0.6) is 0 Å². The van der Waals surface area contributed by atoms with Gasteiger partial charge in [-0.05, 0) is 68.8 Å². The van der Waals surface area contributed by atoms with Crippen LogP contribution in [0.25, 0.3) is 10.9 Å². The Labute approximate surface area is 253 Å². The van der Waals surface area contributed by atoms with Gasteiger partial charge in [0.25, 0.3) is 5.91 Å². The highest BCUT2D eigenvalue weighted by Crippen LogP contribution is 2.31. The zero-order chi connectivity index (χ0) is 32.2. The van der Waals surface area contributed by atoms with Crippen molar-refractivity contribution in [3.05, 3.63) is 59.9 Å². The van der Waals surface area contributed by atoms with Gasteiger partial charge < -0.3 is 25.5 Å². The van der Waals surface area contributed by atoms with Gasteiger partial charge in [0.1, 0.15) is 12.1 Å². The van der Waals surface area contributed by atoms with Gasteiger partial charge in [-0.1, -0.05) is 6.07 Å². The average Bonchev–Trinajstić information content (AvgIpc) is 3.28. The van der Waals surface area contributed by atoms with E-state index in [4.69, 9.17) is 15.6 Å². The van der Waals surface area contributed by atoms with Crippen LogP contribution < -0.4 is 26.0 Å². The summed E-state index contributed by atoms with van der Waals surface area (Å²) in [6.45, 7) is 2.93. The number of aromatic nitrogens is 4. The molecule has 0 unspecified atom stereocenters. The lowest BCUT2D eigenvalue weighted by atomic mass is 10.2. The maximum Gasteiger partial charge on any atom is 0.421 e. The summed E-state index contributed by atoms with van der Waals surface area (Å²) in [6.07, 6.45) is 1.07. The zero-order valence-electron chi connectivity index (χ0n) is 24.6. The highest BCUT2D eigenvalue weighted by atomic mass is 32.2. The van der Waals surface area contributed by atoms with E-state index in [1.165, 1.54) is 24.4 Å². The van der Waals surface area contributed by atoms with Gasteiger partial charge in [0.15, 0.2) is 6.61 Å². The van der Waals surface area contributed by atoms with Gasteiger partial charge in [-0.3, -0.25) is 9.48 Å². The molecule has 2 amide bonds. The van der Waals surface area contributed by atoms with Gasteiger partial charge in [0.05, 0.1) is 22.1 Å². The Hall–Kier alpha value is -4.93. The van der Waals surface area contributed by atoms with Crippen molar-refractivity contribution >= 4 is 62.4 Å². The van der Waals surface area contributed by atoms with Crippen molar-refractivity contribution < 1.29 is 27.5 Å². The molecule has 0 aliphatic heterocycles. The third-order valence-electron chi connectivity index (χ3n) is 6.91. The molecule has 15 nitrogen and oxygen atoms in total. The summed E-state index contributed by atoms with van der Waals surface area (Å²) < 4.78 is 31.5. The summed E-state index contributed by atoms with van der Waals surface area (Å²) in [5.41, 5.74) is 8.36. The Morgan fingerprint density at radius 2 is 1.86 bits per heavy atom. The van der Waals surface area contributed by atoms with E-state index in [0.29, 0.717) is 17.7 Å². The lowest BCUT2D eigenvalue weighted by molar-refractivity contribution is -0.126. The largest absolute Gasteiger partial charge is 0.439 e. The normalized spacial score (nSPS) is 12.0. The monoisotopic (exact) mass is 623 g/mol. The minimum absolute atomic E-state index is 0.0177. The molecule has 2 heterocycles. The average molecular weight is 624 g/mol. The molecule has 0 radical (unpaired) electrons. The van der Waals surface area contributed by atoms with Gasteiger partial charge in [-0.25, -0.2) is 28.2 Å². The fourth-order valence-electron chi connectivity index (χ4n) is 4.43. The Balaban J connectivity index is 1.70. The molecule has 0 saturated heterocycles. The zero-order valence-corrected chi connectivity index (χ0v) is 25.4. The number of rotatable bonds is 11. The summed E-state index contributed by atoms with van der Waals surface area (Å²) in [7, 11) is -0.534. The van der Waals surface area contributed by atoms with E-state index >= 15 is 0 Å². The standard InChI is InChI=1S/C28H33N9O6S/c1-17-5-6-21(14-24(17)44(30,41)42)37(28(40)43-16-26(39)32-19(15-38)9-11-29)27-31-12-10-25(33-27)35(3)20-7-8-22-18(2)36(4)34-23(22)13-20/h5-8,10,12-15,19H,9,11,16,29H2,1-4H3,(H,32,39)(H2,30,41,42)/t19-/m0/s1. The number of primary sulfonamides is 1. The van der Waals surface area contributed by atoms with Crippen LogP contribution in [-0.4, -0.2) is 72.7 Å². The van der Waals surface area contributed by atoms with Gasteiger partial charge in [0.2, 0.25) is 16.0 Å². The Kier molecular flexibility index (Phi) is 9.56. The Bertz CT molecular complexity index is 1830.